The third-order valence-electron chi connectivity index (χ3n) is 6.17. The standard InChI is InChI=1S/C25H30FN5O2/c1-3-28-24(30-17-27)31-20-11-13-25(14-12-20,18-7-6-8-19(26)15-18)16-29-23(32)21-9-4-5-10-22(21)33-2/h4-10,15,20H,3,11-14,16H2,1-2H3,(H,29,32)(H2,28,30,31)/t20-,25+. The van der Waals surface area contributed by atoms with E-state index in [1.807, 2.05) is 25.2 Å². The van der Waals surface area contributed by atoms with Crippen LogP contribution in [0.1, 0.15) is 48.5 Å². The number of hydrogen-bond donors (Lipinski definition) is 3. The second-order valence-electron chi connectivity index (χ2n) is 8.18. The zero-order chi connectivity index (χ0) is 23.7. The molecule has 2 aromatic carbocycles. The lowest BCUT2D eigenvalue weighted by Crippen LogP contribution is -2.49. The Labute approximate surface area is 194 Å². The maximum atomic E-state index is 14.1. The first-order valence-corrected chi connectivity index (χ1v) is 11.2. The van der Waals surface area contributed by atoms with Crippen LogP contribution in [-0.2, 0) is 5.41 Å². The summed E-state index contributed by atoms with van der Waals surface area (Å²) in [5.41, 5.74) is 0.939. The molecule has 0 saturated heterocycles. The normalized spacial score (nSPS) is 20.4. The molecule has 8 heteroatoms. The topological polar surface area (TPSA) is 98.5 Å². The van der Waals surface area contributed by atoms with Crippen LogP contribution in [0.4, 0.5) is 4.39 Å². The van der Waals surface area contributed by atoms with Gasteiger partial charge in [0.15, 0.2) is 0 Å². The van der Waals surface area contributed by atoms with E-state index in [9.17, 15) is 9.18 Å². The summed E-state index contributed by atoms with van der Waals surface area (Å²) in [7, 11) is 1.53. The van der Waals surface area contributed by atoms with Crippen molar-refractivity contribution in [3.63, 3.8) is 0 Å². The third-order valence-corrected chi connectivity index (χ3v) is 6.17. The minimum atomic E-state index is -0.400. The summed E-state index contributed by atoms with van der Waals surface area (Å²) in [4.78, 5) is 16.7. The number of nitrogens with zero attached hydrogens (tertiary/aromatic N) is 2. The number of halogens is 1. The van der Waals surface area contributed by atoms with E-state index in [1.54, 1.807) is 30.3 Å². The van der Waals surface area contributed by atoms with Gasteiger partial charge in [-0.05, 0) is 62.4 Å². The van der Waals surface area contributed by atoms with E-state index in [0.29, 0.717) is 30.4 Å². The van der Waals surface area contributed by atoms with Crippen molar-refractivity contribution >= 4 is 11.9 Å². The first-order valence-electron chi connectivity index (χ1n) is 11.2. The second kappa shape index (κ2) is 11.3. The molecule has 1 amide bonds. The number of methoxy groups -OCH3 is 1. The molecule has 3 rings (SSSR count). The molecule has 0 radical (unpaired) electrons. The molecule has 2 aromatic rings. The number of benzene rings is 2. The van der Waals surface area contributed by atoms with Gasteiger partial charge >= 0.3 is 0 Å². The molecule has 0 atom stereocenters. The van der Waals surface area contributed by atoms with Gasteiger partial charge in [0.1, 0.15) is 11.6 Å². The van der Waals surface area contributed by atoms with E-state index in [0.717, 1.165) is 31.2 Å². The van der Waals surface area contributed by atoms with Crippen molar-refractivity contribution in [2.24, 2.45) is 4.99 Å². The molecular formula is C25H30FN5O2. The SMILES string of the molecule is CCN/C(=N\C#N)N[C@H]1CC[C@@](CNC(=O)c2ccccc2OC)(c2cccc(F)c2)CC1. The number of nitriles is 1. The van der Waals surface area contributed by atoms with E-state index in [1.165, 1.54) is 13.2 Å². The minimum absolute atomic E-state index is 0.128. The largest absolute Gasteiger partial charge is 0.496 e. The van der Waals surface area contributed by atoms with Crippen LogP contribution in [0.3, 0.4) is 0 Å². The van der Waals surface area contributed by atoms with Gasteiger partial charge in [-0.1, -0.05) is 24.3 Å². The summed E-state index contributed by atoms with van der Waals surface area (Å²) in [5.74, 6) is 0.459. The first kappa shape index (κ1) is 24.1. The van der Waals surface area contributed by atoms with Gasteiger partial charge in [0, 0.05) is 24.5 Å². The number of rotatable bonds is 7. The van der Waals surface area contributed by atoms with Gasteiger partial charge in [0.05, 0.1) is 12.7 Å². The van der Waals surface area contributed by atoms with Crippen LogP contribution in [0.25, 0.3) is 0 Å². The average Bonchev–Trinajstić information content (AvgIpc) is 2.84. The van der Waals surface area contributed by atoms with Gasteiger partial charge in [0.25, 0.3) is 5.91 Å². The number of hydrogen-bond acceptors (Lipinski definition) is 4. The number of guanidine groups is 1. The molecule has 0 aliphatic heterocycles. The molecule has 0 spiro atoms. The molecule has 174 valence electrons. The molecule has 33 heavy (non-hydrogen) atoms. The van der Waals surface area contributed by atoms with Crippen LogP contribution >= 0.6 is 0 Å². The summed E-state index contributed by atoms with van der Waals surface area (Å²) in [6.07, 6.45) is 4.87. The van der Waals surface area contributed by atoms with Crippen molar-refractivity contribution in [2.75, 3.05) is 20.2 Å². The van der Waals surface area contributed by atoms with Crippen molar-refractivity contribution in [1.29, 1.82) is 5.26 Å². The first-order chi connectivity index (χ1) is 16.0. The molecule has 7 nitrogen and oxygen atoms in total. The molecule has 0 aromatic heterocycles. The number of ether oxygens (including phenoxy) is 1. The van der Waals surface area contributed by atoms with Gasteiger partial charge < -0.3 is 20.7 Å². The van der Waals surface area contributed by atoms with Crippen LogP contribution in [-0.4, -0.2) is 38.1 Å². The van der Waals surface area contributed by atoms with Gasteiger partial charge in [-0.2, -0.15) is 5.26 Å². The zero-order valence-corrected chi connectivity index (χ0v) is 19.0. The van der Waals surface area contributed by atoms with Gasteiger partial charge in [-0.3, -0.25) is 4.79 Å². The lowest BCUT2D eigenvalue weighted by Gasteiger charge is -2.41. The van der Waals surface area contributed by atoms with Crippen molar-refractivity contribution in [2.45, 2.75) is 44.1 Å². The van der Waals surface area contributed by atoms with Crippen molar-refractivity contribution in [3.8, 4) is 11.9 Å². The number of nitrogens with one attached hydrogen (secondary N) is 3. The summed E-state index contributed by atoms with van der Waals surface area (Å²) < 4.78 is 19.4. The smallest absolute Gasteiger partial charge is 0.255 e. The predicted octanol–water partition coefficient (Wildman–Crippen LogP) is 3.48. The van der Waals surface area contributed by atoms with E-state index in [-0.39, 0.29) is 17.8 Å². The van der Waals surface area contributed by atoms with Crippen molar-refractivity contribution in [1.82, 2.24) is 16.0 Å². The average molecular weight is 452 g/mol. The highest BCUT2D eigenvalue weighted by Crippen LogP contribution is 2.39. The number of amides is 1. The molecule has 1 aliphatic rings. The van der Waals surface area contributed by atoms with Crippen molar-refractivity contribution in [3.05, 3.63) is 65.5 Å². The third kappa shape index (κ3) is 6.01. The molecule has 0 heterocycles. The summed E-state index contributed by atoms with van der Waals surface area (Å²) >= 11 is 0. The summed E-state index contributed by atoms with van der Waals surface area (Å²) in [6, 6.07) is 13.8. The highest BCUT2D eigenvalue weighted by atomic mass is 19.1. The Morgan fingerprint density at radius 3 is 2.64 bits per heavy atom. The molecule has 0 bridgehead atoms. The molecule has 3 N–H and O–H groups in total. The minimum Gasteiger partial charge on any atom is -0.496 e. The highest BCUT2D eigenvalue weighted by molar-refractivity contribution is 5.97. The molecule has 1 aliphatic carbocycles. The Morgan fingerprint density at radius 1 is 1.21 bits per heavy atom. The van der Waals surface area contributed by atoms with Gasteiger partial charge in [-0.25, -0.2) is 4.39 Å². The maximum absolute atomic E-state index is 14.1. The van der Waals surface area contributed by atoms with Crippen LogP contribution in [0.5, 0.6) is 5.75 Å². The number of para-hydroxylation sites is 1. The molecule has 1 fully saturated rings. The lowest BCUT2D eigenvalue weighted by atomic mass is 9.68. The Morgan fingerprint density at radius 2 is 1.97 bits per heavy atom. The van der Waals surface area contributed by atoms with E-state index in [4.69, 9.17) is 10.00 Å². The van der Waals surface area contributed by atoms with Crippen LogP contribution in [0.2, 0.25) is 0 Å². The fourth-order valence-electron chi connectivity index (χ4n) is 4.41. The fraction of sp³-hybridized carbons (Fsp3) is 0.400. The fourth-order valence-corrected chi connectivity index (χ4v) is 4.41. The molecule has 0 unspecified atom stereocenters. The summed E-state index contributed by atoms with van der Waals surface area (Å²) in [6.45, 7) is 2.98. The van der Waals surface area contributed by atoms with E-state index >= 15 is 0 Å². The highest BCUT2D eigenvalue weighted by Gasteiger charge is 2.38. The van der Waals surface area contributed by atoms with E-state index < -0.39 is 5.41 Å². The number of carbonyl (C=O) groups is 1. The maximum Gasteiger partial charge on any atom is 0.255 e. The number of carbonyl (C=O) groups excluding carboxylic acids is 1. The predicted molar refractivity (Wildman–Crippen MR) is 126 cm³/mol. The van der Waals surface area contributed by atoms with Crippen molar-refractivity contribution < 1.29 is 13.9 Å². The Kier molecular flexibility index (Phi) is 8.25. The van der Waals surface area contributed by atoms with Crippen LogP contribution < -0.4 is 20.7 Å². The Balaban J connectivity index is 1.76. The summed E-state index contributed by atoms with van der Waals surface area (Å²) in [5, 5.41) is 18.3. The van der Waals surface area contributed by atoms with E-state index in [2.05, 4.69) is 20.9 Å². The second-order valence-corrected chi connectivity index (χ2v) is 8.18. The molecular weight excluding hydrogens is 421 g/mol. The monoisotopic (exact) mass is 451 g/mol. The van der Waals surface area contributed by atoms with Gasteiger partial charge in [0.2, 0.25) is 12.2 Å². The quantitative estimate of drug-likeness (QED) is 0.340. The zero-order valence-electron chi connectivity index (χ0n) is 19.0. The van der Waals surface area contributed by atoms with Gasteiger partial charge in [-0.15, -0.1) is 4.99 Å². The Hall–Kier alpha value is -3.60. The van der Waals surface area contributed by atoms with Crippen LogP contribution in [0.15, 0.2) is 53.5 Å². The van der Waals surface area contributed by atoms with Crippen LogP contribution in [0, 0.1) is 17.3 Å². The Bertz CT molecular complexity index is 1030. The number of aliphatic imine (C=N–C) groups is 1. The lowest BCUT2D eigenvalue weighted by molar-refractivity contribution is 0.0932. The molecule has 1 saturated carbocycles.